The summed E-state index contributed by atoms with van der Waals surface area (Å²) >= 11 is 0. The number of fused-ring (bicyclic) bond motifs is 1. The Morgan fingerprint density at radius 2 is 1.69 bits per heavy atom. The lowest BCUT2D eigenvalue weighted by Crippen LogP contribution is -2.58. The molecule has 0 radical (unpaired) electrons. The summed E-state index contributed by atoms with van der Waals surface area (Å²) in [6.45, 7) is 11.0. The number of primary amides is 1. The van der Waals surface area contributed by atoms with Gasteiger partial charge in [-0.3, -0.25) is 4.79 Å². The number of allylic oxidation sites excluding steroid dienone is 1. The van der Waals surface area contributed by atoms with Crippen molar-refractivity contribution in [2.24, 2.45) is 11.7 Å². The third-order valence-electron chi connectivity index (χ3n) is 7.09. The first kappa shape index (κ1) is 22.5. The number of carbonyl (C=O) groups is 2. The molecule has 7 heteroatoms. The monoisotopic (exact) mass is 440 g/mol. The Morgan fingerprint density at radius 3 is 2.28 bits per heavy atom. The van der Waals surface area contributed by atoms with Gasteiger partial charge in [-0.1, -0.05) is 24.1 Å². The van der Waals surface area contributed by atoms with Crippen LogP contribution >= 0.6 is 0 Å². The molecule has 1 aliphatic carbocycles. The molecule has 1 amide bonds. The Labute approximate surface area is 191 Å². The van der Waals surface area contributed by atoms with Gasteiger partial charge in [0.05, 0.1) is 6.61 Å². The van der Waals surface area contributed by atoms with E-state index in [0.717, 1.165) is 38.0 Å². The number of hydrogen-bond donors (Lipinski definition) is 1. The second kappa shape index (κ2) is 9.04. The van der Waals surface area contributed by atoms with Crippen LogP contribution in [0.2, 0.25) is 0 Å². The van der Waals surface area contributed by atoms with Crippen molar-refractivity contribution >= 4 is 17.6 Å². The molecule has 1 aromatic rings. The molecule has 4 rings (SSSR count). The van der Waals surface area contributed by atoms with Gasteiger partial charge in [0.25, 0.3) is 0 Å². The standard InChI is InChI=1S/C25H36N4O3/c1-16-13-17(2)22(18(3)14-16)28-10-6-11-29-23(24(31)32-15-20-7-5-8-20)19(4)27(25(28)29)12-9-21(26)30/h13-14,20,25H,5-12,15H2,1-4H3,(H2,26,30). The number of nitrogens with two attached hydrogens (primary N) is 1. The normalized spacial score (nSPS) is 21.0. The fourth-order valence-corrected chi connectivity index (χ4v) is 5.44. The van der Waals surface area contributed by atoms with Gasteiger partial charge in [-0.25, -0.2) is 4.79 Å². The number of anilines is 1. The first-order valence-electron chi connectivity index (χ1n) is 11.8. The van der Waals surface area contributed by atoms with Crippen LogP contribution in [-0.4, -0.2) is 54.2 Å². The summed E-state index contributed by atoms with van der Waals surface area (Å²) in [5, 5.41) is 0. The first-order chi connectivity index (χ1) is 15.3. The van der Waals surface area contributed by atoms with E-state index in [-0.39, 0.29) is 24.6 Å². The van der Waals surface area contributed by atoms with Crippen LogP contribution in [0.4, 0.5) is 5.69 Å². The molecule has 0 spiro atoms. The quantitative estimate of drug-likeness (QED) is 0.656. The number of amides is 1. The summed E-state index contributed by atoms with van der Waals surface area (Å²) in [4.78, 5) is 31.5. The summed E-state index contributed by atoms with van der Waals surface area (Å²) in [6, 6.07) is 4.41. The number of rotatable bonds is 7. The maximum atomic E-state index is 13.2. The van der Waals surface area contributed by atoms with E-state index in [1.165, 1.54) is 28.8 Å². The minimum atomic E-state index is -0.338. The maximum absolute atomic E-state index is 13.2. The third-order valence-corrected chi connectivity index (χ3v) is 7.09. The van der Waals surface area contributed by atoms with E-state index in [0.29, 0.717) is 24.8 Å². The third kappa shape index (κ3) is 4.17. The first-order valence-corrected chi connectivity index (χ1v) is 11.8. The molecule has 1 atom stereocenters. The summed E-state index contributed by atoms with van der Waals surface area (Å²) in [5.41, 5.74) is 11.9. The van der Waals surface area contributed by atoms with Crippen LogP contribution < -0.4 is 10.6 Å². The Morgan fingerprint density at radius 1 is 1.03 bits per heavy atom. The van der Waals surface area contributed by atoms with E-state index >= 15 is 0 Å². The average Bonchev–Trinajstić information content (AvgIpc) is 2.96. The predicted octanol–water partition coefficient (Wildman–Crippen LogP) is 3.17. The van der Waals surface area contributed by atoms with E-state index in [1.54, 1.807) is 0 Å². The molecule has 1 aromatic carbocycles. The summed E-state index contributed by atoms with van der Waals surface area (Å²) in [6.07, 6.45) is 4.54. The van der Waals surface area contributed by atoms with Gasteiger partial charge in [-0.05, 0) is 64.0 Å². The van der Waals surface area contributed by atoms with Crippen LogP contribution in [0.5, 0.6) is 0 Å². The van der Waals surface area contributed by atoms with Gasteiger partial charge >= 0.3 is 5.97 Å². The Balaban J connectivity index is 1.67. The maximum Gasteiger partial charge on any atom is 0.356 e. The number of benzene rings is 1. The van der Waals surface area contributed by atoms with Crippen molar-refractivity contribution in [1.82, 2.24) is 9.80 Å². The summed E-state index contributed by atoms with van der Waals surface area (Å²) < 4.78 is 5.75. The van der Waals surface area contributed by atoms with Gasteiger partial charge in [-0.2, -0.15) is 0 Å². The Hall–Kier alpha value is -2.70. The molecule has 3 aliphatic rings. The minimum Gasteiger partial charge on any atom is -0.461 e. The second-order valence-electron chi connectivity index (χ2n) is 9.57. The van der Waals surface area contributed by atoms with Crippen molar-refractivity contribution in [1.29, 1.82) is 0 Å². The highest BCUT2D eigenvalue weighted by Gasteiger charge is 2.45. The van der Waals surface area contributed by atoms with Gasteiger partial charge in [0.1, 0.15) is 5.70 Å². The van der Waals surface area contributed by atoms with E-state index in [9.17, 15) is 9.59 Å². The van der Waals surface area contributed by atoms with Gasteiger partial charge in [-0.15, -0.1) is 0 Å². The van der Waals surface area contributed by atoms with Gasteiger partial charge < -0.3 is 25.2 Å². The van der Waals surface area contributed by atoms with Crippen LogP contribution in [0, 0.1) is 26.7 Å². The molecule has 32 heavy (non-hydrogen) atoms. The zero-order valence-corrected chi connectivity index (χ0v) is 19.8. The lowest BCUT2D eigenvalue weighted by molar-refractivity contribution is -0.143. The fraction of sp³-hybridized carbons (Fsp3) is 0.600. The topological polar surface area (TPSA) is 79.1 Å². The van der Waals surface area contributed by atoms with E-state index in [1.807, 2.05) is 6.92 Å². The highest BCUT2D eigenvalue weighted by molar-refractivity contribution is 5.89. The molecular formula is C25H36N4O3. The predicted molar refractivity (Wildman–Crippen MR) is 125 cm³/mol. The molecule has 2 heterocycles. The zero-order valence-electron chi connectivity index (χ0n) is 19.8. The molecule has 174 valence electrons. The highest BCUT2D eigenvalue weighted by Crippen LogP contribution is 2.39. The molecule has 1 unspecified atom stereocenters. The fourth-order valence-electron chi connectivity index (χ4n) is 5.44. The van der Waals surface area contributed by atoms with Crippen molar-refractivity contribution in [2.45, 2.75) is 66.1 Å². The lowest BCUT2D eigenvalue weighted by atomic mass is 9.86. The molecule has 2 fully saturated rings. The van der Waals surface area contributed by atoms with Crippen molar-refractivity contribution < 1.29 is 14.3 Å². The van der Waals surface area contributed by atoms with Crippen LogP contribution in [0.3, 0.4) is 0 Å². The van der Waals surface area contributed by atoms with Gasteiger partial charge in [0.15, 0.2) is 6.29 Å². The number of carbonyl (C=O) groups excluding carboxylic acids is 2. The number of aryl methyl sites for hydroxylation is 3. The van der Waals surface area contributed by atoms with Crippen molar-refractivity contribution in [3.8, 4) is 0 Å². The smallest absolute Gasteiger partial charge is 0.356 e. The largest absolute Gasteiger partial charge is 0.461 e. The Kier molecular flexibility index (Phi) is 6.35. The molecule has 2 N–H and O–H groups in total. The van der Waals surface area contributed by atoms with Crippen molar-refractivity contribution in [3.05, 3.63) is 40.2 Å². The number of hydrogen-bond acceptors (Lipinski definition) is 6. The van der Waals surface area contributed by atoms with Crippen molar-refractivity contribution in [2.75, 3.05) is 31.1 Å². The lowest BCUT2D eigenvalue weighted by Gasteiger charge is -2.47. The summed E-state index contributed by atoms with van der Waals surface area (Å²) in [5.74, 6) is -0.0886. The zero-order chi connectivity index (χ0) is 23.0. The van der Waals surface area contributed by atoms with Crippen molar-refractivity contribution in [3.63, 3.8) is 0 Å². The highest BCUT2D eigenvalue weighted by atomic mass is 16.5. The van der Waals surface area contributed by atoms with Gasteiger partial charge in [0, 0.05) is 37.4 Å². The van der Waals surface area contributed by atoms with Crippen LogP contribution in [0.15, 0.2) is 23.5 Å². The molecule has 1 saturated carbocycles. The second-order valence-corrected chi connectivity index (χ2v) is 9.57. The molecule has 1 saturated heterocycles. The molecule has 2 aliphatic heterocycles. The Bertz CT molecular complexity index is 914. The minimum absolute atomic E-state index is 0.158. The van der Waals surface area contributed by atoms with E-state index in [2.05, 4.69) is 47.6 Å². The number of ether oxygens (including phenoxy) is 1. The molecular weight excluding hydrogens is 404 g/mol. The van der Waals surface area contributed by atoms with E-state index in [4.69, 9.17) is 10.5 Å². The SMILES string of the molecule is CC1=C(C(=O)OCC2CCC2)N2CCCN(c3c(C)cc(C)cc3C)C2N1CCC(N)=O. The van der Waals surface area contributed by atoms with Crippen LogP contribution in [-0.2, 0) is 14.3 Å². The number of nitrogens with zero attached hydrogens (tertiary/aromatic N) is 3. The molecule has 0 bridgehead atoms. The van der Waals surface area contributed by atoms with Crippen LogP contribution in [0.1, 0.15) is 55.7 Å². The van der Waals surface area contributed by atoms with Gasteiger partial charge in [0.2, 0.25) is 5.91 Å². The number of esters is 1. The van der Waals surface area contributed by atoms with E-state index < -0.39 is 0 Å². The molecule has 7 nitrogen and oxygen atoms in total. The van der Waals surface area contributed by atoms with Crippen LogP contribution in [0.25, 0.3) is 0 Å². The molecule has 0 aromatic heterocycles. The summed E-state index contributed by atoms with van der Waals surface area (Å²) in [7, 11) is 0. The average molecular weight is 441 g/mol.